The van der Waals surface area contributed by atoms with Crippen molar-refractivity contribution in [2.75, 3.05) is 6.61 Å². The molecule has 0 bridgehead atoms. The molecule has 0 fully saturated rings. The summed E-state index contributed by atoms with van der Waals surface area (Å²) in [5, 5.41) is 14.5. The minimum Gasteiger partial charge on any atom is -0.396 e. The Hall–Kier alpha value is -1.23. The van der Waals surface area contributed by atoms with Gasteiger partial charge in [-0.1, -0.05) is 26.0 Å². The van der Waals surface area contributed by atoms with Crippen LogP contribution in [0.2, 0.25) is 0 Å². The zero-order valence-corrected chi connectivity index (χ0v) is 13.3. The lowest BCUT2D eigenvalue weighted by Crippen LogP contribution is -2.34. The van der Waals surface area contributed by atoms with Gasteiger partial charge in [0.15, 0.2) is 0 Å². The van der Waals surface area contributed by atoms with Crippen LogP contribution in [-0.2, 0) is 6.54 Å². The van der Waals surface area contributed by atoms with E-state index in [1.165, 1.54) is 6.07 Å². The Morgan fingerprint density at radius 3 is 2.71 bits per heavy atom. The molecule has 0 aliphatic carbocycles. The number of thiophene rings is 1. The Kier molecular flexibility index (Phi) is 5.91. The standard InChI is InChI=1S/C17H22FNOS/c1-12(2)16(7-8-20)19-11-13-5-6-15(18)14(10-13)17-4-3-9-21-17/h3-6,9-10,12,16,19-20H,7-8,11H2,1-2H3. The Balaban J connectivity index is 2.09. The molecule has 0 aliphatic heterocycles. The molecule has 4 heteroatoms. The van der Waals surface area contributed by atoms with Gasteiger partial charge in [-0.25, -0.2) is 4.39 Å². The van der Waals surface area contributed by atoms with Gasteiger partial charge in [-0.05, 0) is 41.5 Å². The average molecular weight is 307 g/mol. The fraction of sp³-hybridized carbons (Fsp3) is 0.412. The number of hydrogen-bond acceptors (Lipinski definition) is 3. The smallest absolute Gasteiger partial charge is 0.131 e. The van der Waals surface area contributed by atoms with E-state index in [0.29, 0.717) is 18.0 Å². The van der Waals surface area contributed by atoms with Crippen molar-refractivity contribution in [2.24, 2.45) is 5.92 Å². The zero-order valence-electron chi connectivity index (χ0n) is 12.5. The van der Waals surface area contributed by atoms with Crippen molar-refractivity contribution in [2.45, 2.75) is 32.9 Å². The first-order valence-electron chi connectivity index (χ1n) is 7.28. The first-order chi connectivity index (χ1) is 10.1. The molecule has 114 valence electrons. The number of aliphatic hydroxyl groups excluding tert-OH is 1. The molecular weight excluding hydrogens is 285 g/mol. The van der Waals surface area contributed by atoms with E-state index in [1.807, 2.05) is 29.6 Å². The summed E-state index contributed by atoms with van der Waals surface area (Å²) in [5.41, 5.74) is 1.72. The molecule has 0 aliphatic rings. The zero-order chi connectivity index (χ0) is 15.2. The van der Waals surface area contributed by atoms with Crippen LogP contribution in [0, 0.1) is 11.7 Å². The maximum Gasteiger partial charge on any atom is 0.131 e. The Morgan fingerprint density at radius 1 is 1.29 bits per heavy atom. The number of halogens is 1. The first-order valence-corrected chi connectivity index (χ1v) is 8.16. The van der Waals surface area contributed by atoms with Gasteiger partial charge in [0.1, 0.15) is 5.82 Å². The molecule has 1 aromatic carbocycles. The van der Waals surface area contributed by atoms with Crippen LogP contribution < -0.4 is 5.32 Å². The van der Waals surface area contributed by atoms with Crippen molar-refractivity contribution >= 4 is 11.3 Å². The summed E-state index contributed by atoms with van der Waals surface area (Å²) in [6.45, 7) is 5.13. The van der Waals surface area contributed by atoms with Crippen LogP contribution in [-0.4, -0.2) is 17.8 Å². The summed E-state index contributed by atoms with van der Waals surface area (Å²) in [6.07, 6.45) is 0.733. The van der Waals surface area contributed by atoms with E-state index in [0.717, 1.165) is 16.9 Å². The molecular formula is C17H22FNOS. The second kappa shape index (κ2) is 7.69. The summed E-state index contributed by atoms with van der Waals surface area (Å²) in [4.78, 5) is 0.949. The third-order valence-corrected chi connectivity index (χ3v) is 4.53. The molecule has 1 heterocycles. The summed E-state index contributed by atoms with van der Waals surface area (Å²) in [6, 6.07) is 9.39. The summed E-state index contributed by atoms with van der Waals surface area (Å²) in [7, 11) is 0. The van der Waals surface area contributed by atoms with E-state index in [2.05, 4.69) is 19.2 Å². The molecule has 0 amide bonds. The molecule has 1 unspecified atom stereocenters. The summed E-state index contributed by atoms with van der Waals surface area (Å²) >= 11 is 1.54. The van der Waals surface area contributed by atoms with Gasteiger partial charge in [-0.2, -0.15) is 0 Å². The van der Waals surface area contributed by atoms with Crippen molar-refractivity contribution in [1.29, 1.82) is 0 Å². The Bertz CT molecular complexity index is 554. The predicted molar refractivity (Wildman–Crippen MR) is 86.9 cm³/mol. The normalized spacial score (nSPS) is 12.8. The van der Waals surface area contributed by atoms with Crippen molar-refractivity contribution in [3.05, 3.63) is 47.1 Å². The molecule has 0 saturated heterocycles. The number of benzene rings is 1. The lowest BCUT2D eigenvalue weighted by atomic mass is 10.0. The van der Waals surface area contributed by atoms with E-state index in [4.69, 9.17) is 5.11 Å². The fourth-order valence-electron chi connectivity index (χ4n) is 2.36. The van der Waals surface area contributed by atoms with Crippen LogP contribution in [0.25, 0.3) is 10.4 Å². The van der Waals surface area contributed by atoms with Crippen molar-refractivity contribution in [3.63, 3.8) is 0 Å². The molecule has 0 spiro atoms. The van der Waals surface area contributed by atoms with Gasteiger partial charge in [0.2, 0.25) is 0 Å². The van der Waals surface area contributed by atoms with Crippen molar-refractivity contribution < 1.29 is 9.50 Å². The van der Waals surface area contributed by atoms with Crippen LogP contribution >= 0.6 is 11.3 Å². The van der Waals surface area contributed by atoms with Crippen LogP contribution in [0.15, 0.2) is 35.7 Å². The quantitative estimate of drug-likeness (QED) is 0.809. The molecule has 2 rings (SSSR count). The number of aliphatic hydroxyl groups is 1. The molecule has 2 aromatic rings. The van der Waals surface area contributed by atoms with Gasteiger partial charge in [-0.3, -0.25) is 0 Å². The monoisotopic (exact) mass is 307 g/mol. The second-order valence-corrected chi connectivity index (χ2v) is 6.48. The van der Waals surface area contributed by atoms with Crippen molar-refractivity contribution in [3.8, 4) is 10.4 Å². The van der Waals surface area contributed by atoms with Gasteiger partial charge in [0, 0.05) is 29.6 Å². The van der Waals surface area contributed by atoms with Gasteiger partial charge < -0.3 is 10.4 Å². The molecule has 0 radical (unpaired) electrons. The lowest BCUT2D eigenvalue weighted by Gasteiger charge is -2.21. The van der Waals surface area contributed by atoms with E-state index < -0.39 is 0 Å². The predicted octanol–water partition coefficient (Wildman–Crippen LogP) is 4.05. The molecule has 21 heavy (non-hydrogen) atoms. The minimum atomic E-state index is -0.183. The maximum absolute atomic E-state index is 13.9. The molecule has 1 atom stereocenters. The van der Waals surface area contributed by atoms with Gasteiger partial charge in [0.05, 0.1) is 0 Å². The first kappa shape index (κ1) is 16.1. The second-order valence-electron chi connectivity index (χ2n) is 5.54. The summed E-state index contributed by atoms with van der Waals surface area (Å²) < 4.78 is 13.9. The molecule has 2 N–H and O–H groups in total. The van der Waals surface area contributed by atoms with Crippen molar-refractivity contribution in [1.82, 2.24) is 5.32 Å². The Labute approximate surface area is 129 Å². The van der Waals surface area contributed by atoms with Gasteiger partial charge >= 0.3 is 0 Å². The van der Waals surface area contributed by atoms with Crippen LogP contribution in [0.1, 0.15) is 25.8 Å². The summed E-state index contributed by atoms with van der Waals surface area (Å²) in [5.74, 6) is 0.270. The largest absolute Gasteiger partial charge is 0.396 e. The number of rotatable bonds is 7. The van der Waals surface area contributed by atoms with E-state index in [1.54, 1.807) is 11.3 Å². The molecule has 1 aromatic heterocycles. The fourth-order valence-corrected chi connectivity index (χ4v) is 3.11. The highest BCUT2D eigenvalue weighted by atomic mass is 32.1. The maximum atomic E-state index is 13.9. The SMILES string of the molecule is CC(C)C(CCO)NCc1ccc(F)c(-c2cccs2)c1. The molecule has 0 saturated carbocycles. The highest BCUT2D eigenvalue weighted by Gasteiger charge is 2.13. The highest BCUT2D eigenvalue weighted by Crippen LogP contribution is 2.28. The Morgan fingerprint density at radius 2 is 2.10 bits per heavy atom. The van der Waals surface area contributed by atoms with Crippen LogP contribution in [0.4, 0.5) is 4.39 Å². The van der Waals surface area contributed by atoms with Crippen LogP contribution in [0.3, 0.4) is 0 Å². The molecule has 2 nitrogen and oxygen atoms in total. The third kappa shape index (κ3) is 4.37. The third-order valence-electron chi connectivity index (χ3n) is 3.63. The topological polar surface area (TPSA) is 32.3 Å². The van der Waals surface area contributed by atoms with Crippen LogP contribution in [0.5, 0.6) is 0 Å². The highest BCUT2D eigenvalue weighted by molar-refractivity contribution is 7.13. The average Bonchev–Trinajstić information content (AvgIpc) is 2.98. The van der Waals surface area contributed by atoms with E-state index >= 15 is 0 Å². The lowest BCUT2D eigenvalue weighted by molar-refractivity contribution is 0.244. The minimum absolute atomic E-state index is 0.180. The van der Waals surface area contributed by atoms with E-state index in [9.17, 15) is 4.39 Å². The van der Waals surface area contributed by atoms with E-state index in [-0.39, 0.29) is 18.5 Å². The number of hydrogen-bond donors (Lipinski definition) is 2. The van der Waals surface area contributed by atoms with Gasteiger partial charge in [-0.15, -0.1) is 11.3 Å². The number of nitrogens with one attached hydrogen (secondary N) is 1. The van der Waals surface area contributed by atoms with Gasteiger partial charge in [0.25, 0.3) is 0 Å².